The molecule has 2 aromatic rings. The molecule has 0 amide bonds. The van der Waals surface area contributed by atoms with Gasteiger partial charge in [0.05, 0.1) is 5.69 Å². The summed E-state index contributed by atoms with van der Waals surface area (Å²) in [7, 11) is 0. The smallest absolute Gasteiger partial charge is 0.123 e. The van der Waals surface area contributed by atoms with Crippen LogP contribution < -0.4 is 5.73 Å². The van der Waals surface area contributed by atoms with E-state index in [2.05, 4.69) is 18.9 Å². The lowest BCUT2D eigenvalue weighted by molar-refractivity contribution is 0.450. The molecule has 0 radical (unpaired) electrons. The van der Waals surface area contributed by atoms with Crippen molar-refractivity contribution in [1.29, 1.82) is 0 Å². The normalized spacial score (nSPS) is 15.8. The summed E-state index contributed by atoms with van der Waals surface area (Å²) in [6.07, 6.45) is 3.59. The summed E-state index contributed by atoms with van der Waals surface area (Å²) in [6.45, 7) is 6.17. The lowest BCUT2D eigenvalue weighted by Gasteiger charge is -2.24. The van der Waals surface area contributed by atoms with Crippen LogP contribution in [-0.4, -0.2) is 9.78 Å². The van der Waals surface area contributed by atoms with E-state index in [0.29, 0.717) is 12.5 Å². The van der Waals surface area contributed by atoms with Gasteiger partial charge in [-0.2, -0.15) is 5.10 Å². The molecule has 0 saturated heterocycles. The lowest BCUT2D eigenvalue weighted by Crippen LogP contribution is -2.35. The van der Waals surface area contributed by atoms with Gasteiger partial charge in [-0.3, -0.25) is 4.68 Å². The molecule has 2 N–H and O–H groups in total. The molecule has 20 heavy (non-hydrogen) atoms. The molecule has 1 aromatic carbocycles. The van der Waals surface area contributed by atoms with E-state index in [4.69, 9.17) is 5.73 Å². The van der Waals surface area contributed by atoms with Crippen LogP contribution in [0, 0.1) is 5.82 Å². The maximum absolute atomic E-state index is 13.3. The number of nitrogens with zero attached hydrogens (tertiary/aromatic N) is 2. The summed E-state index contributed by atoms with van der Waals surface area (Å²) >= 11 is 0. The van der Waals surface area contributed by atoms with Crippen LogP contribution in [0.3, 0.4) is 0 Å². The first-order valence-corrected chi connectivity index (χ1v) is 7.01. The summed E-state index contributed by atoms with van der Waals surface area (Å²) in [5, 5.41) is 4.56. The Morgan fingerprint density at radius 2 is 2.15 bits per heavy atom. The molecule has 1 heterocycles. The number of hydrogen-bond donors (Lipinski definition) is 1. The molecule has 3 nitrogen and oxygen atoms in total. The fourth-order valence-electron chi connectivity index (χ4n) is 2.23. The average Bonchev–Trinajstić information content (AvgIpc) is 2.85. The van der Waals surface area contributed by atoms with Gasteiger partial charge in [-0.15, -0.1) is 0 Å². The van der Waals surface area contributed by atoms with Gasteiger partial charge in [0.25, 0.3) is 0 Å². The van der Waals surface area contributed by atoms with E-state index in [1.54, 1.807) is 6.07 Å². The van der Waals surface area contributed by atoms with E-state index in [0.717, 1.165) is 17.7 Å². The minimum atomic E-state index is -0.628. The number of hydrogen-bond acceptors (Lipinski definition) is 2. The summed E-state index contributed by atoms with van der Waals surface area (Å²) in [6, 6.07) is 8.82. The van der Waals surface area contributed by atoms with Crippen molar-refractivity contribution in [2.45, 2.75) is 45.2 Å². The second kappa shape index (κ2) is 5.75. The summed E-state index contributed by atoms with van der Waals surface area (Å²) in [5.74, 6) is -0.260. The third-order valence-electron chi connectivity index (χ3n) is 3.74. The van der Waals surface area contributed by atoms with E-state index in [-0.39, 0.29) is 5.82 Å². The first kappa shape index (κ1) is 14.7. The van der Waals surface area contributed by atoms with Crippen molar-refractivity contribution in [2.75, 3.05) is 0 Å². The molecule has 0 saturated carbocycles. The van der Waals surface area contributed by atoms with Gasteiger partial charge in [-0.1, -0.05) is 19.1 Å². The van der Waals surface area contributed by atoms with Crippen LogP contribution in [-0.2, 0) is 12.0 Å². The Morgan fingerprint density at radius 1 is 1.40 bits per heavy atom. The second-order valence-corrected chi connectivity index (χ2v) is 5.65. The highest BCUT2D eigenvalue weighted by Gasteiger charge is 2.23. The first-order valence-electron chi connectivity index (χ1n) is 7.01. The zero-order chi connectivity index (χ0) is 14.8. The molecule has 4 heteroatoms. The van der Waals surface area contributed by atoms with Crippen molar-refractivity contribution in [3.8, 4) is 0 Å². The van der Waals surface area contributed by atoms with Crippen molar-refractivity contribution in [3.63, 3.8) is 0 Å². The number of benzene rings is 1. The van der Waals surface area contributed by atoms with Crippen LogP contribution in [0.4, 0.5) is 4.39 Å². The maximum Gasteiger partial charge on any atom is 0.123 e. The van der Waals surface area contributed by atoms with Gasteiger partial charge in [-0.05, 0) is 44.0 Å². The molecule has 0 bridgehead atoms. The Labute approximate surface area is 119 Å². The Kier molecular flexibility index (Phi) is 4.23. The van der Waals surface area contributed by atoms with E-state index >= 15 is 0 Å². The van der Waals surface area contributed by atoms with Gasteiger partial charge in [0, 0.05) is 24.2 Å². The van der Waals surface area contributed by atoms with Crippen molar-refractivity contribution in [2.24, 2.45) is 5.73 Å². The van der Waals surface area contributed by atoms with E-state index in [1.807, 2.05) is 29.9 Å². The molecule has 2 unspecified atom stereocenters. The molecule has 0 aliphatic heterocycles. The molecular formula is C16H22FN3. The maximum atomic E-state index is 13.3. The van der Waals surface area contributed by atoms with Gasteiger partial charge in [0.15, 0.2) is 0 Å². The van der Waals surface area contributed by atoms with Gasteiger partial charge in [0.1, 0.15) is 5.82 Å². The lowest BCUT2D eigenvalue weighted by atomic mass is 9.88. The zero-order valence-corrected chi connectivity index (χ0v) is 12.3. The molecule has 2 rings (SSSR count). The van der Waals surface area contributed by atoms with Crippen LogP contribution in [0.25, 0.3) is 0 Å². The predicted octanol–water partition coefficient (Wildman–Crippen LogP) is 3.41. The third-order valence-corrected chi connectivity index (χ3v) is 3.74. The summed E-state index contributed by atoms with van der Waals surface area (Å²) in [5.41, 5.74) is 7.43. The quantitative estimate of drug-likeness (QED) is 0.908. The van der Waals surface area contributed by atoms with Crippen molar-refractivity contribution in [1.82, 2.24) is 9.78 Å². The second-order valence-electron chi connectivity index (χ2n) is 5.65. The van der Waals surface area contributed by atoms with E-state index in [9.17, 15) is 4.39 Å². The van der Waals surface area contributed by atoms with Crippen LogP contribution >= 0.6 is 0 Å². The topological polar surface area (TPSA) is 43.8 Å². The van der Waals surface area contributed by atoms with E-state index in [1.165, 1.54) is 12.1 Å². The minimum Gasteiger partial charge on any atom is -0.321 e. The Morgan fingerprint density at radius 3 is 2.80 bits per heavy atom. The fourth-order valence-corrected chi connectivity index (χ4v) is 2.23. The summed E-state index contributed by atoms with van der Waals surface area (Å²) in [4.78, 5) is 0. The molecule has 0 aliphatic carbocycles. The van der Waals surface area contributed by atoms with Gasteiger partial charge >= 0.3 is 0 Å². The first-order chi connectivity index (χ1) is 9.42. The molecule has 0 spiro atoms. The van der Waals surface area contributed by atoms with Crippen LogP contribution in [0.1, 0.15) is 44.5 Å². The van der Waals surface area contributed by atoms with Gasteiger partial charge in [0.2, 0.25) is 0 Å². The average molecular weight is 275 g/mol. The third kappa shape index (κ3) is 3.25. The van der Waals surface area contributed by atoms with Crippen LogP contribution in [0.15, 0.2) is 36.5 Å². The number of halogens is 1. The van der Waals surface area contributed by atoms with E-state index < -0.39 is 5.54 Å². The number of nitrogens with two attached hydrogens (primary N) is 1. The molecule has 1 aromatic heterocycles. The van der Waals surface area contributed by atoms with Gasteiger partial charge < -0.3 is 5.73 Å². The number of aromatic nitrogens is 2. The standard InChI is InChI=1S/C16H22FN3/c1-4-12(2)20-9-8-15(19-20)11-16(3,18)13-6-5-7-14(17)10-13/h5-10,12H,4,11,18H2,1-3H3. The zero-order valence-electron chi connectivity index (χ0n) is 12.3. The fraction of sp³-hybridized carbons (Fsp3) is 0.438. The van der Waals surface area contributed by atoms with Crippen LogP contribution in [0.5, 0.6) is 0 Å². The monoisotopic (exact) mass is 275 g/mol. The Balaban J connectivity index is 2.17. The largest absolute Gasteiger partial charge is 0.321 e. The van der Waals surface area contributed by atoms with Crippen molar-refractivity contribution in [3.05, 3.63) is 53.6 Å². The highest BCUT2D eigenvalue weighted by atomic mass is 19.1. The number of rotatable bonds is 5. The highest BCUT2D eigenvalue weighted by molar-refractivity contribution is 5.26. The SMILES string of the molecule is CCC(C)n1ccc(CC(C)(N)c2cccc(F)c2)n1. The predicted molar refractivity (Wildman–Crippen MR) is 78.9 cm³/mol. The molecule has 0 aliphatic rings. The summed E-state index contributed by atoms with van der Waals surface area (Å²) < 4.78 is 15.3. The van der Waals surface area contributed by atoms with Crippen molar-refractivity contribution >= 4 is 0 Å². The molecular weight excluding hydrogens is 253 g/mol. The minimum absolute atomic E-state index is 0.260. The Bertz CT molecular complexity index is 575. The highest BCUT2D eigenvalue weighted by Crippen LogP contribution is 2.23. The molecule has 2 atom stereocenters. The molecule has 0 fully saturated rings. The van der Waals surface area contributed by atoms with Crippen LogP contribution in [0.2, 0.25) is 0 Å². The van der Waals surface area contributed by atoms with Crippen molar-refractivity contribution < 1.29 is 4.39 Å². The Hall–Kier alpha value is -1.68. The molecule has 108 valence electrons. The van der Waals surface area contributed by atoms with Gasteiger partial charge in [-0.25, -0.2) is 4.39 Å².